The second kappa shape index (κ2) is 31.1. The Bertz CT molecular complexity index is 304. The van der Waals surface area contributed by atoms with Gasteiger partial charge in [0.2, 0.25) is 0 Å². The summed E-state index contributed by atoms with van der Waals surface area (Å²) in [6, 6.07) is 0. The molecule has 0 bridgehead atoms. The molecule has 11 heteroatoms. The van der Waals surface area contributed by atoms with Crippen molar-refractivity contribution in [3.8, 4) is 0 Å². The minimum atomic E-state index is 0.535. The van der Waals surface area contributed by atoms with Gasteiger partial charge in [0.05, 0.1) is 119 Å². The third-order valence-corrected chi connectivity index (χ3v) is 4.02. The molecule has 0 heterocycles. The Morgan fingerprint density at radius 1 is 0.375 bits per heavy atom. The van der Waals surface area contributed by atoms with Gasteiger partial charge in [0.15, 0.2) is 0 Å². The predicted molar refractivity (Wildman–Crippen MR) is 125 cm³/mol. The molecule has 32 heavy (non-hydrogen) atoms. The van der Waals surface area contributed by atoms with Gasteiger partial charge >= 0.3 is 0 Å². The van der Waals surface area contributed by atoms with E-state index in [2.05, 4.69) is 21.2 Å². The van der Waals surface area contributed by atoms with E-state index >= 15 is 0 Å². The van der Waals surface area contributed by atoms with E-state index in [1.807, 2.05) is 7.05 Å². The second-order valence-corrected chi connectivity index (χ2v) is 7.10. The maximum Gasteiger partial charge on any atom is 0.0701 e. The quantitative estimate of drug-likeness (QED) is 0.109. The molecular weight excluding hydrogens is 490 g/mol. The van der Waals surface area contributed by atoms with Gasteiger partial charge in [0, 0.05) is 11.9 Å². The third kappa shape index (κ3) is 30.1. The third-order valence-electron chi connectivity index (χ3n) is 3.69. The number of ether oxygens (including phenoxy) is 9. The first-order valence-electron chi connectivity index (χ1n) is 11.3. The first kappa shape index (κ1) is 32.1. The predicted octanol–water partition coefficient (Wildman–Crippen LogP) is 0.750. The molecular formula is C21H44BrNO9. The summed E-state index contributed by atoms with van der Waals surface area (Å²) in [5.74, 6) is 0. The molecule has 10 nitrogen and oxygen atoms in total. The molecule has 0 saturated carbocycles. The summed E-state index contributed by atoms with van der Waals surface area (Å²) in [6.45, 7) is 11.2. The normalized spacial score (nSPS) is 11.4. The van der Waals surface area contributed by atoms with Gasteiger partial charge in [-0.1, -0.05) is 15.9 Å². The number of halogens is 1. The lowest BCUT2D eigenvalue weighted by atomic mass is 10.6. The highest BCUT2D eigenvalue weighted by molar-refractivity contribution is 9.09. The molecule has 0 aromatic carbocycles. The highest BCUT2D eigenvalue weighted by Gasteiger charge is 1.95. The van der Waals surface area contributed by atoms with Crippen LogP contribution in [0.1, 0.15) is 0 Å². The average molecular weight is 534 g/mol. The molecule has 0 atom stereocenters. The van der Waals surface area contributed by atoms with Gasteiger partial charge in [-0.2, -0.15) is 0 Å². The minimum absolute atomic E-state index is 0.535. The van der Waals surface area contributed by atoms with Crippen molar-refractivity contribution in [2.24, 2.45) is 0 Å². The summed E-state index contributed by atoms with van der Waals surface area (Å²) in [5, 5.41) is 3.86. The number of hydrogen-bond donors (Lipinski definition) is 1. The van der Waals surface area contributed by atoms with Gasteiger partial charge in [0.25, 0.3) is 0 Å². The number of hydrogen-bond acceptors (Lipinski definition) is 10. The summed E-state index contributed by atoms with van der Waals surface area (Å²) in [6.07, 6.45) is 0. The Balaban J connectivity index is 2.98. The van der Waals surface area contributed by atoms with Gasteiger partial charge < -0.3 is 47.9 Å². The van der Waals surface area contributed by atoms with Crippen LogP contribution in [0.2, 0.25) is 0 Å². The summed E-state index contributed by atoms with van der Waals surface area (Å²) in [7, 11) is 1.90. The highest BCUT2D eigenvalue weighted by Crippen LogP contribution is 1.86. The van der Waals surface area contributed by atoms with Crippen molar-refractivity contribution in [2.75, 3.05) is 138 Å². The highest BCUT2D eigenvalue weighted by atomic mass is 79.9. The Kier molecular flexibility index (Phi) is 31.2. The van der Waals surface area contributed by atoms with E-state index in [-0.39, 0.29) is 0 Å². The molecule has 0 aliphatic heterocycles. The summed E-state index contributed by atoms with van der Waals surface area (Å²) >= 11 is 3.30. The Hall–Kier alpha value is 0.0800. The van der Waals surface area contributed by atoms with Crippen LogP contribution in [0.3, 0.4) is 0 Å². The van der Waals surface area contributed by atoms with Crippen LogP contribution in [0, 0.1) is 0 Å². The number of likely N-dealkylation sites (N-methyl/N-ethyl adjacent to an activating group) is 1. The van der Waals surface area contributed by atoms with E-state index in [1.165, 1.54) is 0 Å². The molecule has 0 unspecified atom stereocenters. The molecule has 0 aromatic heterocycles. The zero-order valence-corrected chi connectivity index (χ0v) is 21.3. The van der Waals surface area contributed by atoms with Crippen LogP contribution >= 0.6 is 15.9 Å². The van der Waals surface area contributed by atoms with Gasteiger partial charge in [-0.05, 0) is 7.05 Å². The van der Waals surface area contributed by atoms with Crippen LogP contribution in [0.5, 0.6) is 0 Å². The lowest BCUT2D eigenvalue weighted by Gasteiger charge is -2.08. The Morgan fingerprint density at radius 2 is 0.594 bits per heavy atom. The van der Waals surface area contributed by atoms with Crippen LogP contribution in [0.25, 0.3) is 0 Å². The topological polar surface area (TPSA) is 95.1 Å². The number of alkyl halides is 1. The molecule has 0 aromatic rings. The van der Waals surface area contributed by atoms with Crippen LogP contribution in [-0.4, -0.2) is 138 Å². The summed E-state index contributed by atoms with van der Waals surface area (Å²) < 4.78 is 48.5. The zero-order valence-electron chi connectivity index (χ0n) is 19.7. The molecule has 194 valence electrons. The van der Waals surface area contributed by atoms with Crippen molar-refractivity contribution in [1.82, 2.24) is 5.32 Å². The maximum absolute atomic E-state index is 5.44. The first-order valence-corrected chi connectivity index (χ1v) is 12.4. The van der Waals surface area contributed by atoms with Gasteiger partial charge in [-0.3, -0.25) is 0 Å². The van der Waals surface area contributed by atoms with Crippen molar-refractivity contribution in [3.63, 3.8) is 0 Å². The van der Waals surface area contributed by atoms with Crippen molar-refractivity contribution in [1.29, 1.82) is 0 Å². The molecule has 0 aliphatic carbocycles. The van der Waals surface area contributed by atoms with Crippen LogP contribution in [-0.2, 0) is 42.6 Å². The van der Waals surface area contributed by atoms with Crippen molar-refractivity contribution in [3.05, 3.63) is 0 Å². The SMILES string of the molecule is CNCCOCCOCCOCCOCCOCCOCCOCCOCCOCCBr. The van der Waals surface area contributed by atoms with E-state index < -0.39 is 0 Å². The fourth-order valence-corrected chi connectivity index (χ4v) is 2.32. The summed E-state index contributed by atoms with van der Waals surface area (Å²) in [4.78, 5) is 0. The molecule has 0 amide bonds. The van der Waals surface area contributed by atoms with Crippen molar-refractivity contribution >= 4 is 15.9 Å². The van der Waals surface area contributed by atoms with E-state index in [0.717, 1.165) is 11.9 Å². The molecule has 0 rings (SSSR count). The molecule has 0 fully saturated rings. The second-order valence-electron chi connectivity index (χ2n) is 6.30. The standard InChI is InChI=1S/C21H44BrNO9/c1-23-3-5-25-7-9-27-11-13-29-15-17-31-19-21-32-20-18-30-16-14-28-12-10-26-8-6-24-4-2-22/h23H,2-21H2,1H3. The fraction of sp³-hybridized carbons (Fsp3) is 1.00. The number of nitrogens with one attached hydrogen (secondary N) is 1. The van der Waals surface area contributed by atoms with Gasteiger partial charge in [-0.25, -0.2) is 0 Å². The molecule has 0 aliphatic rings. The van der Waals surface area contributed by atoms with Crippen molar-refractivity contribution < 1.29 is 42.6 Å². The first-order chi connectivity index (χ1) is 15.9. The van der Waals surface area contributed by atoms with Gasteiger partial charge in [0.1, 0.15) is 0 Å². The maximum atomic E-state index is 5.44. The largest absolute Gasteiger partial charge is 0.378 e. The number of rotatable bonds is 29. The molecule has 0 spiro atoms. The van der Waals surface area contributed by atoms with Crippen LogP contribution in [0.4, 0.5) is 0 Å². The minimum Gasteiger partial charge on any atom is -0.378 e. The lowest BCUT2D eigenvalue weighted by Crippen LogP contribution is -2.17. The molecule has 1 N–H and O–H groups in total. The Morgan fingerprint density at radius 3 is 0.812 bits per heavy atom. The summed E-state index contributed by atoms with van der Waals surface area (Å²) in [5.41, 5.74) is 0. The van der Waals surface area contributed by atoms with Crippen LogP contribution in [0.15, 0.2) is 0 Å². The van der Waals surface area contributed by atoms with E-state index in [4.69, 9.17) is 42.6 Å². The molecule has 0 saturated heterocycles. The van der Waals surface area contributed by atoms with E-state index in [9.17, 15) is 0 Å². The lowest BCUT2D eigenvalue weighted by molar-refractivity contribution is -0.0247. The van der Waals surface area contributed by atoms with Crippen LogP contribution < -0.4 is 5.32 Å². The molecule has 0 radical (unpaired) electrons. The Labute approximate surface area is 201 Å². The average Bonchev–Trinajstić information content (AvgIpc) is 2.81. The fourth-order valence-electron chi connectivity index (χ4n) is 2.09. The monoisotopic (exact) mass is 533 g/mol. The van der Waals surface area contributed by atoms with Crippen molar-refractivity contribution in [2.45, 2.75) is 0 Å². The van der Waals surface area contributed by atoms with E-state index in [0.29, 0.717) is 119 Å². The van der Waals surface area contributed by atoms with E-state index in [1.54, 1.807) is 0 Å². The smallest absolute Gasteiger partial charge is 0.0701 e. The zero-order chi connectivity index (χ0) is 23.2. The van der Waals surface area contributed by atoms with Gasteiger partial charge in [-0.15, -0.1) is 0 Å².